The average Bonchev–Trinajstić information content (AvgIpc) is 2.68. The van der Waals surface area contributed by atoms with Crippen LogP contribution in [0.4, 0.5) is 0 Å². The standard InChI is InChI=1S/C17H20O4S/c1-16(2)13-12(9-11-7-5-4-6-8-11)10-17(16,3)15(18)14(13)22(19,20)21/h4-9,13-14H,10H2,1-3H3,(H,19,20,21)/b12-9-. The zero-order valence-corrected chi connectivity index (χ0v) is 13.7. The van der Waals surface area contributed by atoms with Gasteiger partial charge in [-0.1, -0.05) is 62.8 Å². The Morgan fingerprint density at radius 3 is 2.27 bits per heavy atom. The van der Waals surface area contributed by atoms with E-state index in [0.717, 1.165) is 11.1 Å². The topological polar surface area (TPSA) is 71.4 Å². The van der Waals surface area contributed by atoms with Crippen molar-refractivity contribution < 1.29 is 17.8 Å². The Hall–Kier alpha value is -1.46. The van der Waals surface area contributed by atoms with Gasteiger partial charge in [0.15, 0.2) is 11.0 Å². The van der Waals surface area contributed by atoms with Gasteiger partial charge < -0.3 is 0 Å². The Bertz CT molecular complexity index is 761. The molecule has 0 saturated heterocycles. The highest BCUT2D eigenvalue weighted by atomic mass is 32.2. The first-order valence-corrected chi connectivity index (χ1v) is 8.85. The minimum Gasteiger partial charge on any atom is -0.297 e. The van der Waals surface area contributed by atoms with E-state index < -0.39 is 32.1 Å². The zero-order valence-electron chi connectivity index (χ0n) is 12.9. The fraction of sp³-hybridized carbons (Fsp3) is 0.471. The van der Waals surface area contributed by atoms with Crippen molar-refractivity contribution in [2.24, 2.45) is 16.7 Å². The highest BCUT2D eigenvalue weighted by Gasteiger charge is 2.71. The monoisotopic (exact) mass is 320 g/mol. The smallest absolute Gasteiger partial charge is 0.275 e. The molecule has 2 aliphatic carbocycles. The van der Waals surface area contributed by atoms with E-state index in [1.165, 1.54) is 0 Å². The van der Waals surface area contributed by atoms with E-state index in [0.29, 0.717) is 6.42 Å². The molecule has 1 aromatic rings. The lowest BCUT2D eigenvalue weighted by atomic mass is 9.70. The fourth-order valence-corrected chi connectivity index (χ4v) is 5.60. The third kappa shape index (κ3) is 1.92. The van der Waals surface area contributed by atoms with Gasteiger partial charge in [0.2, 0.25) is 0 Å². The summed E-state index contributed by atoms with van der Waals surface area (Å²) >= 11 is 0. The van der Waals surface area contributed by atoms with Crippen molar-refractivity contribution in [2.45, 2.75) is 32.4 Å². The van der Waals surface area contributed by atoms with Crippen molar-refractivity contribution in [3.05, 3.63) is 41.5 Å². The minimum atomic E-state index is -4.41. The maximum atomic E-state index is 12.6. The van der Waals surface area contributed by atoms with Crippen LogP contribution in [-0.2, 0) is 14.9 Å². The van der Waals surface area contributed by atoms with Crippen molar-refractivity contribution >= 4 is 22.0 Å². The molecule has 4 nitrogen and oxygen atoms in total. The second-order valence-electron chi connectivity index (χ2n) is 7.14. The number of ketones is 1. The number of carbonyl (C=O) groups excluding carboxylic acids is 1. The molecule has 2 fully saturated rings. The lowest BCUT2D eigenvalue weighted by Crippen LogP contribution is -2.39. The van der Waals surface area contributed by atoms with Crippen molar-refractivity contribution in [3.63, 3.8) is 0 Å². The zero-order chi connectivity index (χ0) is 16.3. The molecule has 3 unspecified atom stereocenters. The molecule has 0 amide bonds. The molecule has 2 bridgehead atoms. The summed E-state index contributed by atoms with van der Waals surface area (Å²) in [6.07, 6.45) is 2.51. The Morgan fingerprint density at radius 2 is 1.77 bits per heavy atom. The number of carbonyl (C=O) groups is 1. The van der Waals surface area contributed by atoms with Gasteiger partial charge in [0.1, 0.15) is 0 Å². The normalized spacial score (nSPS) is 35.3. The maximum absolute atomic E-state index is 12.6. The van der Waals surface area contributed by atoms with Crippen LogP contribution in [0.3, 0.4) is 0 Å². The van der Waals surface area contributed by atoms with Crippen LogP contribution >= 0.6 is 0 Å². The summed E-state index contributed by atoms with van der Waals surface area (Å²) < 4.78 is 33.1. The van der Waals surface area contributed by atoms with Gasteiger partial charge in [-0.05, 0) is 17.4 Å². The van der Waals surface area contributed by atoms with Gasteiger partial charge in [-0.2, -0.15) is 8.42 Å². The Kier molecular flexibility index (Phi) is 3.17. The molecular formula is C17H20O4S. The van der Waals surface area contributed by atoms with Gasteiger partial charge in [-0.25, -0.2) is 0 Å². The fourth-order valence-electron chi connectivity index (χ4n) is 4.21. The molecule has 0 aromatic heterocycles. The summed E-state index contributed by atoms with van der Waals surface area (Å²) in [5, 5.41) is -1.34. The van der Waals surface area contributed by atoms with Crippen molar-refractivity contribution in [3.8, 4) is 0 Å². The van der Waals surface area contributed by atoms with Crippen molar-refractivity contribution in [2.75, 3.05) is 0 Å². The highest BCUT2D eigenvalue weighted by Crippen LogP contribution is 2.67. The average molecular weight is 320 g/mol. The van der Waals surface area contributed by atoms with Gasteiger partial charge in [0, 0.05) is 11.3 Å². The lowest BCUT2D eigenvalue weighted by molar-refractivity contribution is -0.127. The van der Waals surface area contributed by atoms with E-state index in [2.05, 4.69) is 0 Å². The number of hydrogen-bond donors (Lipinski definition) is 1. The molecular weight excluding hydrogens is 300 g/mol. The van der Waals surface area contributed by atoms with Crippen LogP contribution in [0, 0.1) is 16.7 Å². The van der Waals surface area contributed by atoms with E-state index in [-0.39, 0.29) is 5.78 Å². The Morgan fingerprint density at radius 1 is 1.18 bits per heavy atom. The first-order chi connectivity index (χ1) is 10.1. The van der Waals surface area contributed by atoms with Gasteiger partial charge in [-0.15, -0.1) is 0 Å². The van der Waals surface area contributed by atoms with Crippen LogP contribution in [-0.4, -0.2) is 24.0 Å². The molecule has 0 radical (unpaired) electrons. The Balaban J connectivity index is 2.15. The van der Waals surface area contributed by atoms with Crippen LogP contribution in [0.2, 0.25) is 0 Å². The predicted molar refractivity (Wildman–Crippen MR) is 84.8 cm³/mol. The molecule has 118 valence electrons. The van der Waals surface area contributed by atoms with Crippen molar-refractivity contribution in [1.82, 2.24) is 0 Å². The van der Waals surface area contributed by atoms with Crippen LogP contribution in [0.5, 0.6) is 0 Å². The summed E-state index contributed by atoms with van der Waals surface area (Å²) in [5.41, 5.74) is 0.663. The molecule has 0 aliphatic heterocycles. The van der Waals surface area contributed by atoms with E-state index in [1.54, 1.807) is 0 Å². The summed E-state index contributed by atoms with van der Waals surface area (Å²) in [6.45, 7) is 5.67. The largest absolute Gasteiger partial charge is 0.297 e. The Labute approximate surface area is 131 Å². The van der Waals surface area contributed by atoms with Gasteiger partial charge in [0.05, 0.1) is 0 Å². The molecule has 2 aliphatic rings. The van der Waals surface area contributed by atoms with E-state index in [9.17, 15) is 17.8 Å². The molecule has 1 aromatic carbocycles. The maximum Gasteiger partial charge on any atom is 0.275 e. The summed E-state index contributed by atoms with van der Waals surface area (Å²) in [6, 6.07) is 9.63. The second kappa shape index (κ2) is 4.52. The summed E-state index contributed by atoms with van der Waals surface area (Å²) in [7, 11) is -4.41. The molecule has 1 N–H and O–H groups in total. The minimum absolute atomic E-state index is 0.352. The summed E-state index contributed by atoms with van der Waals surface area (Å²) in [5.74, 6) is -0.824. The molecule has 3 rings (SSSR count). The predicted octanol–water partition coefficient (Wildman–Crippen LogP) is 2.96. The first-order valence-electron chi connectivity index (χ1n) is 7.35. The molecule has 5 heteroatoms. The number of hydrogen-bond acceptors (Lipinski definition) is 3. The van der Waals surface area contributed by atoms with Gasteiger partial charge in [0.25, 0.3) is 10.1 Å². The van der Waals surface area contributed by atoms with Crippen LogP contribution in [0.15, 0.2) is 35.9 Å². The lowest BCUT2D eigenvalue weighted by Gasteiger charge is -2.31. The second-order valence-corrected chi connectivity index (χ2v) is 8.68. The number of fused-ring (bicyclic) bond motifs is 2. The van der Waals surface area contributed by atoms with E-state index in [1.807, 2.05) is 57.2 Å². The number of benzene rings is 1. The number of rotatable bonds is 2. The molecule has 0 spiro atoms. The SMILES string of the molecule is CC12C/C(=C/c3ccccc3)C(C(S(=O)(=O)O)C1=O)C2(C)C. The third-order valence-corrected chi connectivity index (χ3v) is 6.86. The quantitative estimate of drug-likeness (QED) is 0.850. The van der Waals surface area contributed by atoms with Crippen LogP contribution in [0.1, 0.15) is 32.8 Å². The third-order valence-electron chi connectivity index (χ3n) is 5.73. The van der Waals surface area contributed by atoms with Gasteiger partial charge in [-0.3, -0.25) is 9.35 Å². The van der Waals surface area contributed by atoms with E-state index >= 15 is 0 Å². The van der Waals surface area contributed by atoms with Gasteiger partial charge >= 0.3 is 0 Å². The van der Waals surface area contributed by atoms with Crippen LogP contribution < -0.4 is 0 Å². The molecule has 3 atom stereocenters. The first kappa shape index (κ1) is 15.4. The van der Waals surface area contributed by atoms with Crippen molar-refractivity contribution in [1.29, 1.82) is 0 Å². The van der Waals surface area contributed by atoms with E-state index in [4.69, 9.17) is 0 Å². The molecule has 0 heterocycles. The number of Topliss-reactive ketones (excluding diaryl/α,β-unsaturated/α-hetero) is 1. The molecule has 22 heavy (non-hydrogen) atoms. The molecule has 2 saturated carbocycles. The highest BCUT2D eigenvalue weighted by molar-refractivity contribution is 7.87. The van der Waals surface area contributed by atoms with Crippen LogP contribution in [0.25, 0.3) is 6.08 Å². The number of allylic oxidation sites excluding steroid dienone is 1. The summed E-state index contributed by atoms with van der Waals surface area (Å²) in [4.78, 5) is 12.6.